The zero-order valence-electron chi connectivity index (χ0n) is 9.47. The van der Waals surface area contributed by atoms with E-state index in [1.807, 2.05) is 0 Å². The Hall–Kier alpha value is -1.18. The highest BCUT2D eigenvalue weighted by Crippen LogP contribution is 2.27. The first kappa shape index (κ1) is 13.9. The van der Waals surface area contributed by atoms with Gasteiger partial charge in [-0.05, 0) is 22.0 Å². The van der Waals surface area contributed by atoms with Gasteiger partial charge in [0.15, 0.2) is 6.29 Å². The third kappa shape index (κ3) is 3.95. The third-order valence-corrected chi connectivity index (χ3v) is 2.80. The Kier molecular flexibility index (Phi) is 5.33. The van der Waals surface area contributed by atoms with E-state index in [1.54, 1.807) is 20.3 Å². The molecule has 0 aliphatic carbocycles. The Labute approximate surface area is 107 Å². The van der Waals surface area contributed by atoms with E-state index in [9.17, 15) is 10.1 Å². The second kappa shape index (κ2) is 6.53. The minimum atomic E-state index is -0.443. The van der Waals surface area contributed by atoms with E-state index in [0.717, 1.165) is 5.69 Å². The number of hydrogen-bond acceptors (Lipinski definition) is 5. The van der Waals surface area contributed by atoms with Crippen LogP contribution in [0, 0.1) is 10.1 Å². The summed E-state index contributed by atoms with van der Waals surface area (Å²) in [4.78, 5) is 10.1. The van der Waals surface area contributed by atoms with Crippen LogP contribution >= 0.6 is 15.9 Å². The fourth-order valence-corrected chi connectivity index (χ4v) is 1.72. The molecule has 0 heterocycles. The summed E-state index contributed by atoms with van der Waals surface area (Å²) >= 11 is 3.26. The van der Waals surface area contributed by atoms with Gasteiger partial charge in [0.25, 0.3) is 5.69 Å². The molecule has 0 radical (unpaired) electrons. The van der Waals surface area contributed by atoms with Gasteiger partial charge >= 0.3 is 0 Å². The van der Waals surface area contributed by atoms with Gasteiger partial charge in [-0.3, -0.25) is 10.1 Å². The van der Waals surface area contributed by atoms with Crippen LogP contribution in [-0.2, 0) is 9.47 Å². The van der Waals surface area contributed by atoms with Gasteiger partial charge < -0.3 is 14.8 Å². The van der Waals surface area contributed by atoms with Crippen molar-refractivity contribution in [2.24, 2.45) is 0 Å². The lowest BCUT2D eigenvalue weighted by atomic mass is 10.3. The molecule has 94 valence electrons. The first-order valence-electron chi connectivity index (χ1n) is 4.82. The fourth-order valence-electron chi connectivity index (χ4n) is 1.22. The molecule has 0 amide bonds. The van der Waals surface area contributed by atoms with Gasteiger partial charge in [0.1, 0.15) is 0 Å². The van der Waals surface area contributed by atoms with Crippen molar-refractivity contribution >= 4 is 27.3 Å². The van der Waals surface area contributed by atoms with Crippen LogP contribution in [0.4, 0.5) is 11.4 Å². The van der Waals surface area contributed by atoms with Crippen molar-refractivity contribution in [1.82, 2.24) is 0 Å². The topological polar surface area (TPSA) is 73.6 Å². The van der Waals surface area contributed by atoms with E-state index < -0.39 is 4.92 Å². The van der Waals surface area contributed by atoms with Crippen LogP contribution in [0.25, 0.3) is 0 Å². The number of benzene rings is 1. The van der Waals surface area contributed by atoms with Crippen molar-refractivity contribution in [3.05, 3.63) is 32.8 Å². The summed E-state index contributed by atoms with van der Waals surface area (Å²) in [7, 11) is 3.08. The standard InChI is InChI=1S/C10H13BrN2O4/c1-16-10(17-2)6-12-9-4-3-7(13(14)15)5-8(9)11/h3-5,10,12H,6H2,1-2H3. The third-order valence-electron chi connectivity index (χ3n) is 2.15. The maximum Gasteiger partial charge on any atom is 0.270 e. The summed E-state index contributed by atoms with van der Waals surface area (Å²) in [6.45, 7) is 0.448. The highest BCUT2D eigenvalue weighted by atomic mass is 79.9. The van der Waals surface area contributed by atoms with Gasteiger partial charge in [0, 0.05) is 36.5 Å². The molecule has 0 saturated carbocycles. The maximum atomic E-state index is 10.5. The van der Waals surface area contributed by atoms with Crippen LogP contribution in [0.15, 0.2) is 22.7 Å². The van der Waals surface area contributed by atoms with Crippen LogP contribution in [0.5, 0.6) is 0 Å². The van der Waals surface area contributed by atoms with Crippen LogP contribution < -0.4 is 5.32 Å². The molecule has 7 heteroatoms. The predicted molar refractivity (Wildman–Crippen MR) is 67.1 cm³/mol. The number of rotatable bonds is 6. The molecule has 0 unspecified atom stereocenters. The van der Waals surface area contributed by atoms with Crippen LogP contribution in [-0.4, -0.2) is 32.0 Å². The number of nitro benzene ring substituents is 1. The number of anilines is 1. The van der Waals surface area contributed by atoms with Crippen LogP contribution in [0.1, 0.15) is 0 Å². The number of hydrogen-bond donors (Lipinski definition) is 1. The summed E-state index contributed by atoms with van der Waals surface area (Å²) in [6.07, 6.45) is -0.364. The second-order valence-corrected chi connectivity index (χ2v) is 4.06. The molecular formula is C10H13BrN2O4. The SMILES string of the molecule is COC(CNc1ccc([N+](=O)[O-])cc1Br)OC. The molecule has 1 aromatic rings. The highest BCUT2D eigenvalue weighted by Gasteiger charge is 2.10. The largest absolute Gasteiger partial charge is 0.379 e. The Morgan fingerprint density at radius 1 is 1.47 bits per heavy atom. The summed E-state index contributed by atoms with van der Waals surface area (Å²) in [5.41, 5.74) is 0.784. The number of nitrogens with zero attached hydrogens (tertiary/aromatic N) is 1. The molecule has 0 aliphatic rings. The Morgan fingerprint density at radius 3 is 2.59 bits per heavy atom. The lowest BCUT2D eigenvalue weighted by Gasteiger charge is -2.15. The first-order valence-corrected chi connectivity index (χ1v) is 5.61. The molecule has 17 heavy (non-hydrogen) atoms. The van der Waals surface area contributed by atoms with Gasteiger partial charge in [0.05, 0.1) is 11.5 Å². The minimum absolute atomic E-state index is 0.0393. The van der Waals surface area contributed by atoms with E-state index in [4.69, 9.17) is 9.47 Å². The molecule has 0 spiro atoms. The lowest BCUT2D eigenvalue weighted by molar-refractivity contribution is -0.384. The Morgan fingerprint density at radius 2 is 2.12 bits per heavy atom. The fraction of sp³-hybridized carbons (Fsp3) is 0.400. The summed E-state index contributed by atoms with van der Waals surface area (Å²) < 4.78 is 10.7. The molecule has 0 saturated heterocycles. The lowest BCUT2D eigenvalue weighted by Crippen LogP contribution is -2.23. The monoisotopic (exact) mass is 304 g/mol. The van der Waals surface area contributed by atoms with Gasteiger partial charge in [-0.2, -0.15) is 0 Å². The molecule has 0 atom stereocenters. The van der Waals surface area contributed by atoms with E-state index >= 15 is 0 Å². The number of ether oxygens (including phenoxy) is 2. The van der Waals surface area contributed by atoms with E-state index in [-0.39, 0.29) is 12.0 Å². The van der Waals surface area contributed by atoms with E-state index in [2.05, 4.69) is 21.2 Å². The molecule has 1 N–H and O–H groups in total. The van der Waals surface area contributed by atoms with Gasteiger partial charge in [-0.1, -0.05) is 0 Å². The summed E-state index contributed by atoms with van der Waals surface area (Å²) in [6, 6.07) is 4.50. The number of nitrogens with one attached hydrogen (secondary N) is 1. The second-order valence-electron chi connectivity index (χ2n) is 3.20. The van der Waals surface area contributed by atoms with Crippen molar-refractivity contribution in [2.45, 2.75) is 6.29 Å². The number of methoxy groups -OCH3 is 2. The molecule has 6 nitrogen and oxygen atoms in total. The number of nitro groups is 1. The Balaban J connectivity index is 2.69. The number of non-ortho nitro benzene ring substituents is 1. The van der Waals surface area contributed by atoms with Crippen molar-refractivity contribution in [3.8, 4) is 0 Å². The summed E-state index contributed by atoms with van der Waals surface area (Å²) in [5, 5.41) is 13.6. The van der Waals surface area contributed by atoms with Gasteiger partial charge in [-0.15, -0.1) is 0 Å². The van der Waals surface area contributed by atoms with E-state index in [1.165, 1.54) is 12.1 Å². The Bertz CT molecular complexity index is 396. The quantitative estimate of drug-likeness (QED) is 0.496. The molecular weight excluding hydrogens is 292 g/mol. The van der Waals surface area contributed by atoms with Crippen LogP contribution in [0.3, 0.4) is 0 Å². The van der Waals surface area contributed by atoms with Crippen molar-refractivity contribution in [1.29, 1.82) is 0 Å². The first-order chi connectivity index (χ1) is 8.08. The minimum Gasteiger partial charge on any atom is -0.379 e. The summed E-state index contributed by atoms with van der Waals surface area (Å²) in [5.74, 6) is 0. The van der Waals surface area contributed by atoms with E-state index in [0.29, 0.717) is 11.0 Å². The molecule has 1 aromatic carbocycles. The number of halogens is 1. The molecule has 0 fully saturated rings. The normalized spacial score (nSPS) is 10.6. The zero-order chi connectivity index (χ0) is 12.8. The van der Waals surface area contributed by atoms with Crippen molar-refractivity contribution in [3.63, 3.8) is 0 Å². The smallest absolute Gasteiger partial charge is 0.270 e. The molecule has 0 aliphatic heterocycles. The highest BCUT2D eigenvalue weighted by molar-refractivity contribution is 9.10. The zero-order valence-corrected chi connectivity index (χ0v) is 11.1. The average molecular weight is 305 g/mol. The van der Waals surface area contributed by atoms with Gasteiger partial charge in [-0.25, -0.2) is 0 Å². The van der Waals surface area contributed by atoms with Crippen LogP contribution in [0.2, 0.25) is 0 Å². The predicted octanol–water partition coefficient (Wildman–Crippen LogP) is 2.39. The average Bonchev–Trinajstić information content (AvgIpc) is 2.31. The van der Waals surface area contributed by atoms with Crippen molar-refractivity contribution < 1.29 is 14.4 Å². The van der Waals surface area contributed by atoms with Gasteiger partial charge in [0.2, 0.25) is 0 Å². The molecule has 0 aromatic heterocycles. The van der Waals surface area contributed by atoms with Crippen molar-refractivity contribution in [2.75, 3.05) is 26.1 Å². The maximum absolute atomic E-state index is 10.5. The molecule has 0 bridgehead atoms. The molecule has 1 rings (SSSR count).